The number of nitrogens with zero attached hydrogens (tertiary/aromatic N) is 1. The summed E-state index contributed by atoms with van der Waals surface area (Å²) in [7, 11) is -3.64. The van der Waals surface area contributed by atoms with Crippen LogP contribution in [0.3, 0.4) is 0 Å². The van der Waals surface area contributed by atoms with Crippen LogP contribution in [0.15, 0.2) is 47.4 Å². The summed E-state index contributed by atoms with van der Waals surface area (Å²) in [5.74, 6) is 0.941. The van der Waals surface area contributed by atoms with E-state index in [0.717, 1.165) is 11.1 Å². The zero-order chi connectivity index (χ0) is 21.1. The van der Waals surface area contributed by atoms with Gasteiger partial charge in [-0.05, 0) is 48.4 Å². The molecule has 2 aromatic carbocycles. The molecular formula is C21H22N2O6S. The Morgan fingerprint density at radius 1 is 1.07 bits per heavy atom. The van der Waals surface area contributed by atoms with E-state index in [0.29, 0.717) is 43.5 Å². The third kappa shape index (κ3) is 4.33. The third-order valence-corrected chi connectivity index (χ3v) is 6.79. The van der Waals surface area contributed by atoms with Gasteiger partial charge < -0.3 is 19.5 Å². The normalized spacial score (nSPS) is 16.7. The van der Waals surface area contributed by atoms with Crippen LogP contribution in [0.1, 0.15) is 11.1 Å². The molecule has 0 atom stereocenters. The van der Waals surface area contributed by atoms with Crippen LogP contribution in [0.2, 0.25) is 0 Å². The van der Waals surface area contributed by atoms with Crippen molar-refractivity contribution in [2.24, 2.45) is 0 Å². The van der Waals surface area contributed by atoms with Crippen molar-refractivity contribution in [1.29, 1.82) is 0 Å². The average Bonchev–Trinajstić information content (AvgIpc) is 3.22. The average molecular weight is 430 g/mol. The predicted octanol–water partition coefficient (Wildman–Crippen LogP) is 2.40. The number of benzene rings is 2. The summed E-state index contributed by atoms with van der Waals surface area (Å²) in [5, 5.41) is 2.76. The molecule has 2 aliphatic rings. The Labute approximate surface area is 175 Å². The summed E-state index contributed by atoms with van der Waals surface area (Å²) in [5.41, 5.74) is 2.00. The van der Waals surface area contributed by atoms with Crippen LogP contribution >= 0.6 is 0 Å². The van der Waals surface area contributed by atoms with Crippen LogP contribution in [0, 0.1) is 6.92 Å². The van der Waals surface area contributed by atoms with E-state index in [-0.39, 0.29) is 17.6 Å². The van der Waals surface area contributed by atoms with Gasteiger partial charge in [-0.15, -0.1) is 0 Å². The first-order valence-corrected chi connectivity index (χ1v) is 10.9. The molecule has 9 heteroatoms. The second-order valence-electron chi connectivity index (χ2n) is 6.93. The van der Waals surface area contributed by atoms with Crippen LogP contribution in [0.25, 0.3) is 6.08 Å². The molecule has 0 saturated carbocycles. The predicted molar refractivity (Wildman–Crippen MR) is 111 cm³/mol. The molecular weight excluding hydrogens is 408 g/mol. The Morgan fingerprint density at radius 3 is 2.63 bits per heavy atom. The molecule has 2 heterocycles. The van der Waals surface area contributed by atoms with Crippen molar-refractivity contribution in [3.05, 3.63) is 53.6 Å². The Morgan fingerprint density at radius 2 is 1.83 bits per heavy atom. The number of anilines is 1. The number of hydrogen-bond donors (Lipinski definition) is 1. The molecule has 0 spiro atoms. The third-order valence-electron chi connectivity index (χ3n) is 4.90. The molecule has 0 unspecified atom stereocenters. The quantitative estimate of drug-likeness (QED) is 0.732. The van der Waals surface area contributed by atoms with Gasteiger partial charge in [0.1, 0.15) is 0 Å². The minimum absolute atomic E-state index is 0.144. The number of carbonyl (C=O) groups is 1. The van der Waals surface area contributed by atoms with Crippen LogP contribution in [0.5, 0.6) is 11.5 Å². The van der Waals surface area contributed by atoms with E-state index < -0.39 is 10.0 Å². The monoisotopic (exact) mass is 430 g/mol. The molecule has 0 aromatic heterocycles. The molecule has 30 heavy (non-hydrogen) atoms. The summed E-state index contributed by atoms with van der Waals surface area (Å²) in [6, 6.07) is 10.1. The van der Waals surface area contributed by atoms with Crippen molar-refractivity contribution in [2.75, 3.05) is 38.4 Å². The largest absolute Gasteiger partial charge is 0.454 e. The number of nitrogens with one attached hydrogen (secondary N) is 1. The summed E-state index contributed by atoms with van der Waals surface area (Å²) < 4.78 is 42.9. The summed E-state index contributed by atoms with van der Waals surface area (Å²) in [4.78, 5) is 12.5. The molecule has 0 aliphatic carbocycles. The zero-order valence-electron chi connectivity index (χ0n) is 16.5. The van der Waals surface area contributed by atoms with E-state index >= 15 is 0 Å². The molecule has 2 aliphatic heterocycles. The minimum atomic E-state index is -3.64. The number of hydrogen-bond acceptors (Lipinski definition) is 6. The van der Waals surface area contributed by atoms with Crippen molar-refractivity contribution in [3.8, 4) is 11.5 Å². The van der Waals surface area contributed by atoms with E-state index in [1.165, 1.54) is 16.4 Å². The van der Waals surface area contributed by atoms with Gasteiger partial charge in [0.2, 0.25) is 22.7 Å². The minimum Gasteiger partial charge on any atom is -0.454 e. The Hall–Kier alpha value is -2.88. The highest BCUT2D eigenvalue weighted by molar-refractivity contribution is 7.89. The number of sulfonamides is 1. The molecule has 4 rings (SSSR count). The van der Waals surface area contributed by atoms with Crippen molar-refractivity contribution in [1.82, 2.24) is 4.31 Å². The lowest BCUT2D eigenvalue weighted by atomic mass is 10.2. The van der Waals surface area contributed by atoms with Gasteiger partial charge in [-0.2, -0.15) is 4.31 Å². The molecule has 1 N–H and O–H groups in total. The maximum atomic E-state index is 12.9. The first-order chi connectivity index (χ1) is 14.4. The fourth-order valence-corrected chi connectivity index (χ4v) is 4.63. The SMILES string of the molecule is Cc1ccc(S(=O)(=O)N2CCOCC2)cc1NC(=O)/C=C/c1ccc2c(c1)OCO2. The number of ether oxygens (including phenoxy) is 3. The number of rotatable bonds is 5. The molecule has 1 saturated heterocycles. The highest BCUT2D eigenvalue weighted by atomic mass is 32.2. The molecule has 8 nitrogen and oxygen atoms in total. The maximum Gasteiger partial charge on any atom is 0.248 e. The van der Waals surface area contributed by atoms with Crippen LogP contribution in [-0.2, 0) is 19.6 Å². The molecule has 0 bridgehead atoms. The van der Waals surface area contributed by atoms with Crippen molar-refractivity contribution in [3.63, 3.8) is 0 Å². The van der Waals surface area contributed by atoms with Crippen LogP contribution in [0.4, 0.5) is 5.69 Å². The number of aryl methyl sites for hydroxylation is 1. The fraction of sp³-hybridized carbons (Fsp3) is 0.286. The number of fused-ring (bicyclic) bond motifs is 1. The molecule has 158 valence electrons. The van der Waals surface area contributed by atoms with Gasteiger partial charge in [-0.3, -0.25) is 4.79 Å². The van der Waals surface area contributed by atoms with E-state index in [4.69, 9.17) is 14.2 Å². The topological polar surface area (TPSA) is 94.2 Å². The number of amides is 1. The standard InChI is InChI=1S/C21H22N2O6S/c1-15-2-5-17(30(25,26)23-8-10-27-11-9-23)13-18(15)22-21(24)7-4-16-3-6-19-20(12-16)29-14-28-19/h2-7,12-13H,8-11,14H2,1H3,(H,22,24)/b7-4+. The second kappa shape index (κ2) is 8.47. The number of morpholine rings is 1. The lowest BCUT2D eigenvalue weighted by molar-refractivity contribution is -0.111. The van der Waals surface area contributed by atoms with Gasteiger partial charge in [0, 0.05) is 24.9 Å². The summed E-state index contributed by atoms with van der Waals surface area (Å²) in [6.07, 6.45) is 3.04. The van der Waals surface area contributed by atoms with Gasteiger partial charge >= 0.3 is 0 Å². The van der Waals surface area contributed by atoms with Crippen molar-refractivity contribution in [2.45, 2.75) is 11.8 Å². The molecule has 1 amide bonds. The Balaban J connectivity index is 1.48. The van der Waals surface area contributed by atoms with E-state index in [1.54, 1.807) is 30.3 Å². The summed E-state index contributed by atoms with van der Waals surface area (Å²) in [6.45, 7) is 3.37. The van der Waals surface area contributed by atoms with Crippen LogP contribution < -0.4 is 14.8 Å². The van der Waals surface area contributed by atoms with E-state index in [2.05, 4.69) is 5.32 Å². The fourth-order valence-electron chi connectivity index (χ4n) is 3.20. The van der Waals surface area contributed by atoms with Gasteiger partial charge in [0.15, 0.2) is 11.5 Å². The lowest BCUT2D eigenvalue weighted by Crippen LogP contribution is -2.40. The number of carbonyl (C=O) groups excluding carboxylic acids is 1. The highest BCUT2D eigenvalue weighted by Gasteiger charge is 2.26. The molecule has 1 fully saturated rings. The van der Waals surface area contributed by atoms with Crippen molar-refractivity contribution < 1.29 is 27.4 Å². The van der Waals surface area contributed by atoms with Crippen LogP contribution in [-0.4, -0.2) is 51.7 Å². The lowest BCUT2D eigenvalue weighted by Gasteiger charge is -2.26. The van der Waals surface area contributed by atoms with Gasteiger partial charge in [-0.25, -0.2) is 8.42 Å². The smallest absolute Gasteiger partial charge is 0.248 e. The molecule has 2 aromatic rings. The van der Waals surface area contributed by atoms with Gasteiger partial charge in [-0.1, -0.05) is 12.1 Å². The van der Waals surface area contributed by atoms with Gasteiger partial charge in [0.05, 0.1) is 18.1 Å². The first kappa shape index (κ1) is 20.4. The highest BCUT2D eigenvalue weighted by Crippen LogP contribution is 2.32. The van der Waals surface area contributed by atoms with Crippen molar-refractivity contribution >= 4 is 27.7 Å². The molecule has 0 radical (unpaired) electrons. The van der Waals surface area contributed by atoms with Gasteiger partial charge in [0.25, 0.3) is 0 Å². The Kier molecular flexibility index (Phi) is 5.76. The van der Waals surface area contributed by atoms with E-state index in [1.807, 2.05) is 13.0 Å². The maximum absolute atomic E-state index is 12.9. The zero-order valence-corrected chi connectivity index (χ0v) is 17.3. The second-order valence-corrected chi connectivity index (χ2v) is 8.87. The van der Waals surface area contributed by atoms with E-state index in [9.17, 15) is 13.2 Å². The first-order valence-electron chi connectivity index (χ1n) is 9.51. The Bertz CT molecular complexity index is 1090. The summed E-state index contributed by atoms with van der Waals surface area (Å²) >= 11 is 0.